The van der Waals surface area contributed by atoms with Crippen LogP contribution < -0.4 is 0 Å². The molecule has 0 aromatic carbocycles. The molecule has 1 unspecified atom stereocenters. The molecular weight excluding hydrogens is 119 g/mol. The third kappa shape index (κ3) is 3.82. The predicted molar refractivity (Wildman–Crippen MR) is 22.9 cm³/mol. The van der Waals surface area contributed by atoms with Crippen molar-refractivity contribution in [1.29, 1.82) is 0 Å². The molecular formula is C2H6O4P+. The van der Waals surface area contributed by atoms with Gasteiger partial charge < -0.3 is 10.2 Å². The van der Waals surface area contributed by atoms with Gasteiger partial charge in [-0.1, -0.05) is 0 Å². The highest BCUT2D eigenvalue weighted by molar-refractivity contribution is 7.38. The normalized spacial score (nSPS) is 11.4. The molecule has 0 saturated carbocycles. The van der Waals surface area contributed by atoms with Crippen molar-refractivity contribution in [2.75, 3.05) is 13.1 Å². The van der Waals surface area contributed by atoms with Crippen LogP contribution >= 0.6 is 8.03 Å². The highest BCUT2D eigenvalue weighted by Crippen LogP contribution is 2.17. The van der Waals surface area contributed by atoms with E-state index in [1.165, 1.54) is 0 Å². The van der Waals surface area contributed by atoms with Gasteiger partial charge in [-0.05, 0) is 4.57 Å². The summed E-state index contributed by atoms with van der Waals surface area (Å²) in [6, 6.07) is 0. The molecule has 7 heavy (non-hydrogen) atoms. The van der Waals surface area contributed by atoms with Crippen molar-refractivity contribution in [2.45, 2.75) is 0 Å². The molecule has 0 aromatic rings. The average molecular weight is 125 g/mol. The van der Waals surface area contributed by atoms with Gasteiger partial charge in [-0.2, -0.15) is 0 Å². The summed E-state index contributed by atoms with van der Waals surface area (Å²) >= 11 is 0. The van der Waals surface area contributed by atoms with E-state index in [2.05, 4.69) is 4.52 Å². The predicted octanol–water partition coefficient (Wildman–Crippen LogP) is -0.355. The van der Waals surface area contributed by atoms with E-state index in [4.69, 9.17) is 10.2 Å². The molecule has 0 amide bonds. The van der Waals surface area contributed by atoms with Gasteiger partial charge in [0.25, 0.3) is 6.35 Å². The van der Waals surface area contributed by atoms with Crippen molar-refractivity contribution in [3.05, 3.63) is 0 Å². The molecule has 0 fully saturated rings. The Kier molecular flexibility index (Phi) is 4.14. The molecule has 5 heteroatoms. The van der Waals surface area contributed by atoms with Crippen molar-refractivity contribution < 1.29 is 19.3 Å². The molecule has 0 aliphatic rings. The minimum absolute atomic E-state index is 0.532. The molecule has 0 bridgehead atoms. The quantitative estimate of drug-likeness (QED) is 0.399. The third-order valence-electron chi connectivity index (χ3n) is 0.317. The van der Waals surface area contributed by atoms with Gasteiger partial charge in [-0.3, -0.25) is 0 Å². The second-order valence-corrected chi connectivity index (χ2v) is 1.94. The van der Waals surface area contributed by atoms with Crippen LogP contribution in [-0.2, 0) is 9.09 Å². The number of aliphatic hydroxyl groups is 2. The average Bonchev–Trinajstić information content (AvgIpc) is 1.68. The first-order chi connectivity index (χ1) is 3.31. The second-order valence-electron chi connectivity index (χ2n) is 0.732. The molecule has 0 aromatic heterocycles. The minimum Gasteiger partial charge on any atom is -0.367 e. The van der Waals surface area contributed by atoms with E-state index in [1.54, 1.807) is 0 Å². The lowest BCUT2D eigenvalue weighted by atomic mass is 11.6. The van der Waals surface area contributed by atoms with Crippen LogP contribution in [0.5, 0.6) is 0 Å². The molecule has 1 atom stereocenters. The minimum atomic E-state index is -2.02. The van der Waals surface area contributed by atoms with E-state index in [0.717, 1.165) is 0 Å². The summed E-state index contributed by atoms with van der Waals surface area (Å²) in [5.74, 6) is 0. The van der Waals surface area contributed by atoms with E-state index in [-0.39, 0.29) is 0 Å². The van der Waals surface area contributed by atoms with E-state index >= 15 is 0 Å². The lowest BCUT2D eigenvalue weighted by Gasteiger charge is -1.75. The molecule has 0 rings (SSSR count). The number of aliphatic hydroxyl groups excluding tert-OH is 2. The largest absolute Gasteiger partial charge is 0.539 e. The summed E-state index contributed by atoms with van der Waals surface area (Å²) in [6.07, 6.45) is -0.532. The zero-order chi connectivity index (χ0) is 5.70. The number of hydrogen-bond donors (Lipinski definition) is 2. The molecule has 0 aliphatic heterocycles. The van der Waals surface area contributed by atoms with Crippen molar-refractivity contribution in [3.8, 4) is 0 Å². The van der Waals surface area contributed by atoms with Gasteiger partial charge in [-0.15, -0.1) is 4.52 Å². The zero-order valence-corrected chi connectivity index (χ0v) is 4.47. The summed E-state index contributed by atoms with van der Waals surface area (Å²) in [6.45, 7) is -0.601. The topological polar surface area (TPSA) is 66.8 Å². The second kappa shape index (κ2) is 4.15. The van der Waals surface area contributed by atoms with Crippen LogP contribution in [0.1, 0.15) is 0 Å². The first-order valence-electron chi connectivity index (χ1n) is 1.60. The smallest absolute Gasteiger partial charge is 0.367 e. The molecule has 2 N–H and O–H groups in total. The van der Waals surface area contributed by atoms with Gasteiger partial charge in [0.1, 0.15) is 0 Å². The number of hydrogen-bond acceptors (Lipinski definition) is 4. The van der Waals surface area contributed by atoms with Crippen molar-refractivity contribution >= 4 is 8.03 Å². The van der Waals surface area contributed by atoms with E-state index < -0.39 is 21.2 Å². The van der Waals surface area contributed by atoms with Crippen LogP contribution in [0.4, 0.5) is 0 Å². The van der Waals surface area contributed by atoms with Gasteiger partial charge in [0.15, 0.2) is 6.79 Å². The lowest BCUT2D eigenvalue weighted by Crippen LogP contribution is -1.83. The van der Waals surface area contributed by atoms with Crippen molar-refractivity contribution in [3.63, 3.8) is 0 Å². The van der Waals surface area contributed by atoms with E-state index in [9.17, 15) is 4.57 Å². The highest BCUT2D eigenvalue weighted by Gasteiger charge is 2.11. The first kappa shape index (κ1) is 6.98. The Hall–Kier alpha value is -0.0200. The van der Waals surface area contributed by atoms with Crippen LogP contribution in [0, 0.1) is 0 Å². The summed E-state index contributed by atoms with van der Waals surface area (Å²) in [5.41, 5.74) is 0. The Labute approximate surface area is 41.6 Å². The standard InChI is InChI=1S/C2H6O4P/c3-1-6-7(5)2-4/h3-4H,1-2H2/q+1. The van der Waals surface area contributed by atoms with Gasteiger partial charge in [0, 0.05) is 0 Å². The van der Waals surface area contributed by atoms with Crippen molar-refractivity contribution in [1.82, 2.24) is 0 Å². The van der Waals surface area contributed by atoms with Gasteiger partial charge >= 0.3 is 8.03 Å². The lowest BCUT2D eigenvalue weighted by molar-refractivity contribution is 0.103. The molecule has 42 valence electrons. The molecule has 0 radical (unpaired) electrons. The molecule has 0 saturated heterocycles. The van der Waals surface area contributed by atoms with Crippen LogP contribution in [0.3, 0.4) is 0 Å². The summed E-state index contributed by atoms with van der Waals surface area (Å²) < 4.78 is 13.9. The maximum Gasteiger partial charge on any atom is 0.539 e. The van der Waals surface area contributed by atoms with Gasteiger partial charge in [-0.25, -0.2) is 0 Å². The maximum absolute atomic E-state index is 9.93. The van der Waals surface area contributed by atoms with Gasteiger partial charge in [0.2, 0.25) is 0 Å². The molecule has 0 aliphatic carbocycles. The van der Waals surface area contributed by atoms with Crippen LogP contribution in [0.15, 0.2) is 0 Å². The van der Waals surface area contributed by atoms with Crippen LogP contribution in [0.25, 0.3) is 0 Å². The fourth-order valence-electron chi connectivity index (χ4n) is 0.105. The van der Waals surface area contributed by atoms with E-state index in [0.29, 0.717) is 0 Å². The summed E-state index contributed by atoms with van der Waals surface area (Å²) in [7, 11) is -2.02. The monoisotopic (exact) mass is 125 g/mol. The zero-order valence-electron chi connectivity index (χ0n) is 3.57. The Bertz CT molecular complexity index is 62.7. The fraction of sp³-hybridized carbons (Fsp3) is 1.00. The Balaban J connectivity index is 3.00. The number of rotatable bonds is 3. The maximum atomic E-state index is 9.93. The summed E-state index contributed by atoms with van der Waals surface area (Å²) in [4.78, 5) is 0. The highest BCUT2D eigenvalue weighted by atomic mass is 31.1. The van der Waals surface area contributed by atoms with Gasteiger partial charge in [0.05, 0.1) is 0 Å². The molecule has 0 spiro atoms. The first-order valence-corrected chi connectivity index (χ1v) is 2.97. The fourth-order valence-corrected chi connectivity index (χ4v) is 0.316. The molecule has 4 nitrogen and oxygen atoms in total. The SMILES string of the molecule is O=[P+](CO)OCO. The van der Waals surface area contributed by atoms with E-state index in [1.807, 2.05) is 0 Å². The summed E-state index contributed by atoms with van der Waals surface area (Å²) in [5, 5.41) is 15.8. The Morgan fingerprint density at radius 2 is 2.14 bits per heavy atom. The Morgan fingerprint density at radius 3 is 2.29 bits per heavy atom. The third-order valence-corrected chi connectivity index (χ3v) is 0.952. The Morgan fingerprint density at radius 1 is 1.57 bits per heavy atom. The van der Waals surface area contributed by atoms with Crippen molar-refractivity contribution in [2.24, 2.45) is 0 Å². The molecule has 0 heterocycles. The van der Waals surface area contributed by atoms with Crippen LogP contribution in [-0.4, -0.2) is 23.4 Å². The van der Waals surface area contributed by atoms with Crippen LogP contribution in [0.2, 0.25) is 0 Å².